The van der Waals surface area contributed by atoms with E-state index in [1.807, 2.05) is 42.5 Å². The number of rotatable bonds is 4. The maximum absolute atomic E-state index is 5.80. The van der Waals surface area contributed by atoms with Crippen molar-refractivity contribution >= 4 is 33.7 Å². The fourth-order valence-corrected chi connectivity index (χ4v) is 2.66. The van der Waals surface area contributed by atoms with Gasteiger partial charge in [-0.05, 0) is 36.6 Å². The van der Waals surface area contributed by atoms with E-state index < -0.39 is 0 Å². The molecule has 3 N–H and O–H groups in total. The van der Waals surface area contributed by atoms with Gasteiger partial charge in [0.25, 0.3) is 0 Å². The van der Waals surface area contributed by atoms with Gasteiger partial charge in [-0.15, -0.1) is 0 Å². The molecule has 1 atom stereocenters. The first-order chi connectivity index (χ1) is 10.2. The van der Waals surface area contributed by atoms with E-state index in [-0.39, 0.29) is 6.04 Å². The summed E-state index contributed by atoms with van der Waals surface area (Å²) in [5.74, 6) is 0.900. The van der Waals surface area contributed by atoms with Crippen molar-refractivity contribution in [3.63, 3.8) is 0 Å². The van der Waals surface area contributed by atoms with Crippen molar-refractivity contribution in [3.8, 4) is 0 Å². The minimum atomic E-state index is 0.0825. The summed E-state index contributed by atoms with van der Waals surface area (Å²) in [6.45, 7) is 2.06. The lowest BCUT2D eigenvalue weighted by Crippen LogP contribution is -2.11. The number of fused-ring (bicyclic) bond motifs is 1. The molecule has 3 aromatic rings. The first-order valence-electron chi connectivity index (χ1n) is 6.78. The second-order valence-corrected chi connectivity index (χ2v) is 5.39. The van der Waals surface area contributed by atoms with Crippen LogP contribution in [0.2, 0.25) is 0 Å². The number of benzene rings is 2. The summed E-state index contributed by atoms with van der Waals surface area (Å²) in [5, 5.41) is 5.63. The lowest BCUT2D eigenvalue weighted by Gasteiger charge is -2.16. The average Bonchev–Trinajstić information content (AvgIpc) is 3.01. The lowest BCUT2D eigenvalue weighted by molar-refractivity contribution is 0.491. The molecule has 0 aliphatic heterocycles. The van der Waals surface area contributed by atoms with Crippen LogP contribution in [-0.4, -0.2) is 4.99 Å². The van der Waals surface area contributed by atoms with Crippen molar-refractivity contribution in [2.75, 3.05) is 5.32 Å². The zero-order valence-electron chi connectivity index (χ0n) is 11.7. The van der Waals surface area contributed by atoms with E-state index in [1.165, 1.54) is 0 Å². The van der Waals surface area contributed by atoms with Crippen LogP contribution in [0.15, 0.2) is 59.2 Å². The number of nitrogens with two attached hydrogens (primary N) is 1. The number of hydrogen-bond acceptors (Lipinski definition) is 3. The van der Waals surface area contributed by atoms with Gasteiger partial charge in [-0.1, -0.05) is 36.5 Å². The minimum Gasteiger partial charge on any atom is -0.467 e. The van der Waals surface area contributed by atoms with E-state index in [4.69, 9.17) is 22.4 Å². The van der Waals surface area contributed by atoms with E-state index >= 15 is 0 Å². The Labute approximate surface area is 128 Å². The third-order valence-electron chi connectivity index (χ3n) is 3.53. The molecule has 0 bridgehead atoms. The molecule has 0 spiro atoms. The van der Waals surface area contributed by atoms with E-state index in [0.29, 0.717) is 4.99 Å². The van der Waals surface area contributed by atoms with Gasteiger partial charge in [-0.25, -0.2) is 0 Å². The predicted molar refractivity (Wildman–Crippen MR) is 90.6 cm³/mol. The Morgan fingerprint density at radius 3 is 2.52 bits per heavy atom. The van der Waals surface area contributed by atoms with E-state index in [9.17, 15) is 0 Å². The molecule has 1 heterocycles. The summed E-state index contributed by atoms with van der Waals surface area (Å²) in [7, 11) is 0. The van der Waals surface area contributed by atoms with Gasteiger partial charge in [-0.3, -0.25) is 0 Å². The Balaban J connectivity index is 2.04. The molecule has 3 nitrogen and oxygen atoms in total. The highest BCUT2D eigenvalue weighted by molar-refractivity contribution is 7.80. The highest BCUT2D eigenvalue weighted by Crippen LogP contribution is 2.29. The van der Waals surface area contributed by atoms with Crippen LogP contribution < -0.4 is 11.1 Å². The molecule has 1 unspecified atom stereocenters. The van der Waals surface area contributed by atoms with E-state index in [2.05, 4.69) is 18.3 Å². The van der Waals surface area contributed by atoms with Crippen LogP contribution in [0.4, 0.5) is 5.69 Å². The van der Waals surface area contributed by atoms with Crippen molar-refractivity contribution in [2.45, 2.75) is 13.0 Å². The van der Waals surface area contributed by atoms with Crippen molar-refractivity contribution in [1.82, 2.24) is 0 Å². The van der Waals surface area contributed by atoms with Gasteiger partial charge < -0.3 is 15.5 Å². The summed E-state index contributed by atoms with van der Waals surface area (Å²) >= 11 is 5.13. The Morgan fingerprint density at radius 2 is 1.86 bits per heavy atom. The molecule has 0 aliphatic rings. The van der Waals surface area contributed by atoms with Crippen molar-refractivity contribution < 1.29 is 4.42 Å². The Morgan fingerprint density at radius 1 is 1.10 bits per heavy atom. The summed E-state index contributed by atoms with van der Waals surface area (Å²) in [5.41, 5.74) is 7.74. The first-order valence-corrected chi connectivity index (χ1v) is 7.19. The average molecular weight is 296 g/mol. The van der Waals surface area contributed by atoms with Gasteiger partial charge >= 0.3 is 0 Å². The Hall–Kier alpha value is -2.33. The molecule has 0 radical (unpaired) electrons. The quantitative estimate of drug-likeness (QED) is 0.707. The molecule has 0 amide bonds. The molecule has 3 rings (SSSR count). The first kappa shape index (κ1) is 13.6. The van der Waals surface area contributed by atoms with Crippen molar-refractivity contribution in [3.05, 3.63) is 66.1 Å². The smallest absolute Gasteiger partial charge is 0.125 e. The fraction of sp³-hybridized carbons (Fsp3) is 0.118. The van der Waals surface area contributed by atoms with Crippen LogP contribution in [0.1, 0.15) is 24.3 Å². The van der Waals surface area contributed by atoms with Gasteiger partial charge in [0.1, 0.15) is 10.7 Å². The second-order valence-electron chi connectivity index (χ2n) is 4.95. The summed E-state index contributed by atoms with van der Waals surface area (Å²) in [6, 6.07) is 16.0. The topological polar surface area (TPSA) is 51.2 Å². The number of furan rings is 1. The zero-order valence-corrected chi connectivity index (χ0v) is 12.5. The van der Waals surface area contributed by atoms with Crippen LogP contribution in [0.25, 0.3) is 10.8 Å². The highest BCUT2D eigenvalue weighted by atomic mass is 32.1. The second kappa shape index (κ2) is 5.58. The number of hydrogen-bond donors (Lipinski definition) is 2. The summed E-state index contributed by atoms with van der Waals surface area (Å²) in [4.78, 5) is 0.414. The standard InChI is InChI=1S/C17H16N2OS/c1-11(16-7-4-10-20-16)19-15-9-8-14(17(18)21)12-5-2-3-6-13(12)15/h2-11,19H,1H3,(H2,18,21). The van der Waals surface area contributed by atoms with Crippen LogP contribution in [0.5, 0.6) is 0 Å². The molecule has 4 heteroatoms. The Bertz CT molecular complexity index is 781. The molecule has 2 aromatic carbocycles. The summed E-state index contributed by atoms with van der Waals surface area (Å²) in [6.07, 6.45) is 1.68. The number of nitrogens with one attached hydrogen (secondary N) is 1. The van der Waals surface area contributed by atoms with E-state index in [1.54, 1.807) is 6.26 Å². The largest absolute Gasteiger partial charge is 0.467 e. The van der Waals surface area contributed by atoms with Crippen LogP contribution in [-0.2, 0) is 0 Å². The number of thiocarbonyl (C=S) groups is 1. The monoisotopic (exact) mass is 296 g/mol. The van der Waals surface area contributed by atoms with Gasteiger partial charge in [-0.2, -0.15) is 0 Å². The third kappa shape index (κ3) is 2.62. The van der Waals surface area contributed by atoms with E-state index in [0.717, 1.165) is 27.8 Å². The highest BCUT2D eigenvalue weighted by Gasteiger charge is 2.12. The molecule has 0 saturated heterocycles. The molecular weight excluding hydrogens is 280 g/mol. The molecule has 0 fully saturated rings. The van der Waals surface area contributed by atoms with Gasteiger partial charge in [0.2, 0.25) is 0 Å². The van der Waals surface area contributed by atoms with Gasteiger partial charge in [0, 0.05) is 16.6 Å². The van der Waals surface area contributed by atoms with Crippen LogP contribution in [0.3, 0.4) is 0 Å². The maximum Gasteiger partial charge on any atom is 0.125 e. The predicted octanol–water partition coefficient (Wildman–Crippen LogP) is 4.24. The molecular formula is C17H16N2OS. The molecule has 0 aliphatic carbocycles. The molecule has 1 aromatic heterocycles. The normalized spacial score (nSPS) is 12.2. The number of anilines is 1. The SMILES string of the molecule is CC(Nc1ccc(C(N)=S)c2ccccc12)c1ccco1. The molecule has 106 valence electrons. The van der Waals surface area contributed by atoms with Gasteiger partial charge in [0.15, 0.2) is 0 Å². The lowest BCUT2D eigenvalue weighted by atomic mass is 10.0. The Kier molecular flexibility index (Phi) is 3.62. The minimum absolute atomic E-state index is 0.0825. The molecule has 21 heavy (non-hydrogen) atoms. The van der Waals surface area contributed by atoms with Gasteiger partial charge in [0.05, 0.1) is 12.3 Å². The fourth-order valence-electron chi connectivity index (χ4n) is 2.48. The maximum atomic E-state index is 5.80. The van der Waals surface area contributed by atoms with Crippen molar-refractivity contribution in [1.29, 1.82) is 0 Å². The zero-order chi connectivity index (χ0) is 14.8. The summed E-state index contributed by atoms with van der Waals surface area (Å²) < 4.78 is 5.44. The molecule has 0 saturated carbocycles. The van der Waals surface area contributed by atoms with Crippen LogP contribution in [0, 0.1) is 0 Å². The van der Waals surface area contributed by atoms with Crippen molar-refractivity contribution in [2.24, 2.45) is 5.73 Å². The van der Waals surface area contributed by atoms with Crippen LogP contribution >= 0.6 is 12.2 Å². The third-order valence-corrected chi connectivity index (χ3v) is 3.75.